The molecule has 0 radical (unpaired) electrons. The van der Waals surface area contributed by atoms with Crippen LogP contribution in [-0.4, -0.2) is 18.2 Å². The van der Waals surface area contributed by atoms with Gasteiger partial charge in [-0.15, -0.1) is 0 Å². The monoisotopic (exact) mass is 441 g/mol. The highest BCUT2D eigenvalue weighted by molar-refractivity contribution is 5.85. The summed E-state index contributed by atoms with van der Waals surface area (Å²) in [5, 5.41) is 2.73. The van der Waals surface area contributed by atoms with Gasteiger partial charge in [-0.25, -0.2) is 4.79 Å². The van der Waals surface area contributed by atoms with Crippen LogP contribution in [0.15, 0.2) is 84.9 Å². The predicted molar refractivity (Wildman–Crippen MR) is 129 cm³/mol. The molecule has 0 saturated carbocycles. The first-order valence-electron chi connectivity index (χ1n) is 10.9. The number of amides is 1. The molecule has 0 heterocycles. The molecule has 168 valence electrons. The van der Waals surface area contributed by atoms with E-state index in [0.29, 0.717) is 12.2 Å². The Bertz CT molecular complexity index is 1150. The summed E-state index contributed by atoms with van der Waals surface area (Å²) in [7, 11) is 0. The standard InChI is InChI=1S/C28H27NO4/c1-28(2,3)33-27(31)29-20-10-8-9-19(17-20)26(32-18-30)16-15-25-23-13-6-4-11-21(23)22-12-5-7-14-24(22)25/h4-18,25-26H,1-3H3,(H,29,31). The molecule has 4 rings (SSSR count). The topological polar surface area (TPSA) is 64.6 Å². The van der Waals surface area contributed by atoms with Crippen molar-refractivity contribution in [3.63, 3.8) is 0 Å². The maximum Gasteiger partial charge on any atom is 0.412 e. The Balaban J connectivity index is 1.59. The number of ether oxygens (including phenoxy) is 2. The van der Waals surface area contributed by atoms with Gasteiger partial charge >= 0.3 is 6.09 Å². The normalized spacial score (nSPS) is 13.8. The first-order chi connectivity index (χ1) is 15.9. The molecule has 0 saturated heterocycles. The second-order valence-electron chi connectivity index (χ2n) is 8.94. The molecule has 0 bridgehead atoms. The summed E-state index contributed by atoms with van der Waals surface area (Å²) in [5.74, 6) is 0.0678. The lowest BCUT2D eigenvalue weighted by atomic mass is 9.95. The van der Waals surface area contributed by atoms with E-state index in [9.17, 15) is 9.59 Å². The van der Waals surface area contributed by atoms with E-state index in [-0.39, 0.29) is 5.92 Å². The van der Waals surface area contributed by atoms with E-state index >= 15 is 0 Å². The number of nitrogens with one attached hydrogen (secondary N) is 1. The predicted octanol–water partition coefficient (Wildman–Crippen LogP) is 6.62. The molecule has 0 aromatic heterocycles. The molecular weight excluding hydrogens is 414 g/mol. The molecule has 0 aliphatic heterocycles. The molecule has 0 fully saturated rings. The van der Waals surface area contributed by atoms with E-state index < -0.39 is 17.8 Å². The van der Waals surface area contributed by atoms with Crippen LogP contribution in [0.3, 0.4) is 0 Å². The lowest BCUT2D eigenvalue weighted by molar-refractivity contribution is -0.131. The smallest absolute Gasteiger partial charge is 0.412 e. The van der Waals surface area contributed by atoms with Crippen molar-refractivity contribution < 1.29 is 19.1 Å². The van der Waals surface area contributed by atoms with Crippen LogP contribution in [0.2, 0.25) is 0 Å². The second kappa shape index (κ2) is 9.33. The fourth-order valence-electron chi connectivity index (χ4n) is 4.12. The van der Waals surface area contributed by atoms with Gasteiger partial charge < -0.3 is 9.47 Å². The molecule has 1 aliphatic carbocycles. The Hall–Kier alpha value is -3.86. The maximum absolute atomic E-state index is 12.1. The van der Waals surface area contributed by atoms with Crippen LogP contribution in [0.5, 0.6) is 0 Å². The molecule has 1 aliphatic rings. The average molecular weight is 442 g/mol. The van der Waals surface area contributed by atoms with Gasteiger partial charge in [-0.05, 0) is 66.8 Å². The van der Waals surface area contributed by atoms with Crippen molar-refractivity contribution in [1.82, 2.24) is 0 Å². The van der Waals surface area contributed by atoms with Gasteiger partial charge in [0.05, 0.1) is 0 Å². The second-order valence-corrected chi connectivity index (χ2v) is 8.94. The molecule has 5 heteroatoms. The van der Waals surface area contributed by atoms with E-state index in [4.69, 9.17) is 9.47 Å². The Kier molecular flexibility index (Phi) is 6.31. The number of rotatable bonds is 6. The van der Waals surface area contributed by atoms with Crippen LogP contribution < -0.4 is 5.32 Å². The zero-order valence-corrected chi connectivity index (χ0v) is 18.9. The van der Waals surface area contributed by atoms with Crippen molar-refractivity contribution in [3.05, 3.63) is 102 Å². The van der Waals surface area contributed by atoms with Crippen LogP contribution in [0, 0.1) is 0 Å². The number of allylic oxidation sites excluding steroid dienone is 1. The highest BCUT2D eigenvalue weighted by Gasteiger charge is 2.26. The van der Waals surface area contributed by atoms with Gasteiger partial charge in [-0.3, -0.25) is 10.1 Å². The van der Waals surface area contributed by atoms with Crippen molar-refractivity contribution in [2.75, 3.05) is 5.32 Å². The number of carbonyl (C=O) groups is 2. The summed E-state index contributed by atoms with van der Waals surface area (Å²) in [6.45, 7) is 5.86. The van der Waals surface area contributed by atoms with Crippen molar-refractivity contribution in [1.29, 1.82) is 0 Å². The minimum Gasteiger partial charge on any atom is -0.455 e. The quantitative estimate of drug-likeness (QED) is 0.345. The number of hydrogen-bond donors (Lipinski definition) is 1. The fraction of sp³-hybridized carbons (Fsp3) is 0.214. The van der Waals surface area contributed by atoms with Crippen LogP contribution >= 0.6 is 0 Å². The SMILES string of the molecule is CC(C)(C)OC(=O)Nc1cccc(C(C=CC2c3ccccc3-c3ccccc32)OC=O)c1. The Morgan fingerprint density at radius 3 is 2.18 bits per heavy atom. The molecule has 33 heavy (non-hydrogen) atoms. The van der Waals surface area contributed by atoms with E-state index in [1.807, 2.05) is 36.4 Å². The third-order valence-corrected chi connectivity index (χ3v) is 5.42. The lowest BCUT2D eigenvalue weighted by Crippen LogP contribution is -2.27. The summed E-state index contributed by atoms with van der Waals surface area (Å²) in [6, 6.07) is 23.9. The van der Waals surface area contributed by atoms with Crippen molar-refractivity contribution >= 4 is 18.3 Å². The number of anilines is 1. The Morgan fingerprint density at radius 1 is 0.939 bits per heavy atom. The fourth-order valence-corrected chi connectivity index (χ4v) is 4.12. The average Bonchev–Trinajstić information content (AvgIpc) is 3.09. The van der Waals surface area contributed by atoms with Gasteiger partial charge in [0.15, 0.2) is 0 Å². The van der Waals surface area contributed by atoms with Crippen LogP contribution in [-0.2, 0) is 14.3 Å². The molecule has 3 aromatic rings. The molecule has 1 unspecified atom stereocenters. The Labute approximate surface area is 194 Å². The first-order valence-corrected chi connectivity index (χ1v) is 10.9. The number of benzene rings is 3. The van der Waals surface area contributed by atoms with Gasteiger partial charge in [0.25, 0.3) is 6.47 Å². The van der Waals surface area contributed by atoms with Crippen LogP contribution in [0.1, 0.15) is 49.5 Å². The Morgan fingerprint density at radius 2 is 1.58 bits per heavy atom. The molecular formula is C28H27NO4. The highest BCUT2D eigenvalue weighted by atomic mass is 16.6. The van der Waals surface area contributed by atoms with Crippen molar-refractivity contribution in [3.8, 4) is 11.1 Å². The minimum absolute atomic E-state index is 0.0678. The van der Waals surface area contributed by atoms with Gasteiger partial charge in [0, 0.05) is 11.6 Å². The summed E-state index contributed by atoms with van der Waals surface area (Å²) in [4.78, 5) is 23.4. The first kappa shape index (κ1) is 22.3. The van der Waals surface area contributed by atoms with Gasteiger partial charge in [-0.2, -0.15) is 0 Å². The van der Waals surface area contributed by atoms with Crippen molar-refractivity contribution in [2.24, 2.45) is 0 Å². The zero-order chi connectivity index (χ0) is 23.4. The highest BCUT2D eigenvalue weighted by Crippen LogP contribution is 2.45. The molecule has 1 N–H and O–H groups in total. The summed E-state index contributed by atoms with van der Waals surface area (Å²) in [5.41, 5.74) is 5.60. The van der Waals surface area contributed by atoms with Crippen LogP contribution in [0.25, 0.3) is 11.1 Å². The number of fused-ring (bicyclic) bond motifs is 3. The van der Waals surface area contributed by atoms with Gasteiger partial charge in [-0.1, -0.05) is 66.7 Å². The lowest BCUT2D eigenvalue weighted by Gasteiger charge is -2.20. The van der Waals surface area contributed by atoms with Gasteiger partial charge in [0.2, 0.25) is 0 Å². The maximum atomic E-state index is 12.1. The van der Waals surface area contributed by atoms with E-state index in [1.165, 1.54) is 22.3 Å². The molecule has 3 aromatic carbocycles. The molecule has 0 spiro atoms. The number of carbonyl (C=O) groups excluding carboxylic acids is 2. The van der Waals surface area contributed by atoms with E-state index in [0.717, 1.165) is 5.56 Å². The van der Waals surface area contributed by atoms with Gasteiger partial charge in [0.1, 0.15) is 11.7 Å². The largest absolute Gasteiger partial charge is 0.455 e. The van der Waals surface area contributed by atoms with E-state index in [1.54, 1.807) is 39.0 Å². The zero-order valence-electron chi connectivity index (χ0n) is 18.9. The van der Waals surface area contributed by atoms with E-state index in [2.05, 4.69) is 35.7 Å². The third kappa shape index (κ3) is 5.14. The molecule has 5 nitrogen and oxygen atoms in total. The summed E-state index contributed by atoms with van der Waals surface area (Å²) in [6.07, 6.45) is 2.84. The molecule has 1 atom stereocenters. The van der Waals surface area contributed by atoms with Crippen molar-refractivity contribution in [2.45, 2.75) is 38.4 Å². The number of hydrogen-bond acceptors (Lipinski definition) is 4. The summed E-state index contributed by atoms with van der Waals surface area (Å²) < 4.78 is 10.7. The summed E-state index contributed by atoms with van der Waals surface area (Å²) >= 11 is 0. The minimum atomic E-state index is -0.596. The van der Waals surface area contributed by atoms with Crippen LogP contribution in [0.4, 0.5) is 10.5 Å². The molecule has 1 amide bonds. The third-order valence-electron chi connectivity index (χ3n) is 5.42.